The normalized spacial score (nSPS) is 10.9. The van der Waals surface area contributed by atoms with Gasteiger partial charge in [0.1, 0.15) is 11.4 Å². The van der Waals surface area contributed by atoms with Gasteiger partial charge in [-0.1, -0.05) is 30.3 Å². The van der Waals surface area contributed by atoms with Crippen LogP contribution in [0.15, 0.2) is 58.4 Å². The zero-order valence-electron chi connectivity index (χ0n) is 9.50. The van der Waals surface area contributed by atoms with Gasteiger partial charge in [-0.05, 0) is 24.5 Å². The van der Waals surface area contributed by atoms with Crippen LogP contribution in [0.1, 0.15) is 5.56 Å². The van der Waals surface area contributed by atoms with Gasteiger partial charge in [0.2, 0.25) is 0 Å². The zero-order valence-corrected chi connectivity index (χ0v) is 10.3. The van der Waals surface area contributed by atoms with Crippen molar-refractivity contribution in [2.45, 2.75) is 4.90 Å². The molecule has 0 aliphatic carbocycles. The summed E-state index contributed by atoms with van der Waals surface area (Å²) in [5.74, 6) is 0.199. The lowest BCUT2D eigenvalue weighted by Crippen LogP contribution is -1.84. The van der Waals surface area contributed by atoms with Crippen molar-refractivity contribution in [3.63, 3.8) is 0 Å². The van der Waals surface area contributed by atoms with Gasteiger partial charge >= 0.3 is 0 Å². The molecule has 2 aromatic carbocycles. The predicted octanol–water partition coefficient (Wildman–Crippen LogP) is 3.86. The third-order valence-electron chi connectivity index (χ3n) is 2.36. The van der Waals surface area contributed by atoms with Gasteiger partial charge < -0.3 is 5.11 Å². The van der Waals surface area contributed by atoms with Gasteiger partial charge in [0.25, 0.3) is 0 Å². The van der Waals surface area contributed by atoms with Crippen molar-refractivity contribution in [1.29, 1.82) is 0 Å². The first-order valence-corrected chi connectivity index (χ1v) is 6.49. The molecule has 0 aliphatic heterocycles. The molecule has 0 bridgehead atoms. The van der Waals surface area contributed by atoms with Crippen LogP contribution in [-0.2, 0) is 0 Å². The first kappa shape index (κ1) is 11.7. The molecule has 86 valence electrons. The molecule has 0 atom stereocenters. The van der Waals surface area contributed by atoms with E-state index >= 15 is 0 Å². The molecule has 2 rings (SSSR count). The number of hydrogen-bond acceptors (Lipinski definition) is 3. The monoisotopic (exact) mass is 243 g/mol. The number of thioether (sulfide) groups is 1. The summed E-state index contributed by atoms with van der Waals surface area (Å²) in [6.45, 7) is 0. The van der Waals surface area contributed by atoms with Crippen LogP contribution in [0.2, 0.25) is 0 Å². The number of benzene rings is 2. The van der Waals surface area contributed by atoms with Gasteiger partial charge in [0.05, 0.1) is 0 Å². The van der Waals surface area contributed by atoms with Crippen molar-refractivity contribution in [3.05, 3.63) is 54.1 Å². The van der Waals surface area contributed by atoms with E-state index in [1.807, 2.05) is 30.5 Å². The first-order chi connectivity index (χ1) is 8.31. The maximum Gasteiger partial charge on any atom is 0.141 e. The highest BCUT2D eigenvalue weighted by atomic mass is 32.2. The molecule has 1 N–H and O–H groups in total. The number of phenolic OH excluding ortho intramolecular Hbond substituents is 1. The number of aliphatic imine (C=N–C) groups is 1. The predicted molar refractivity (Wildman–Crippen MR) is 73.6 cm³/mol. The van der Waals surface area contributed by atoms with E-state index in [2.05, 4.69) is 11.1 Å². The molecule has 0 unspecified atom stereocenters. The molecule has 0 amide bonds. The van der Waals surface area contributed by atoms with E-state index in [0.717, 1.165) is 5.56 Å². The lowest BCUT2D eigenvalue weighted by Gasteiger charge is -2.01. The average molecular weight is 243 g/mol. The Morgan fingerprint density at radius 1 is 1.06 bits per heavy atom. The Balaban J connectivity index is 2.29. The fraction of sp³-hybridized carbons (Fsp3) is 0.0714. The number of nitrogens with zero attached hydrogens (tertiary/aromatic N) is 1. The quantitative estimate of drug-likeness (QED) is 0.655. The van der Waals surface area contributed by atoms with E-state index < -0.39 is 0 Å². The van der Waals surface area contributed by atoms with Crippen LogP contribution in [0.25, 0.3) is 0 Å². The van der Waals surface area contributed by atoms with Gasteiger partial charge in [-0.15, -0.1) is 11.8 Å². The minimum absolute atomic E-state index is 0.199. The van der Waals surface area contributed by atoms with Crippen LogP contribution in [0.4, 0.5) is 5.69 Å². The summed E-state index contributed by atoms with van der Waals surface area (Å²) < 4.78 is 0. The highest BCUT2D eigenvalue weighted by Crippen LogP contribution is 2.25. The number of rotatable bonds is 3. The third kappa shape index (κ3) is 2.88. The molecule has 0 saturated carbocycles. The van der Waals surface area contributed by atoms with Crippen molar-refractivity contribution >= 4 is 23.7 Å². The van der Waals surface area contributed by atoms with Gasteiger partial charge in [0, 0.05) is 16.7 Å². The van der Waals surface area contributed by atoms with Crippen molar-refractivity contribution in [3.8, 4) is 5.75 Å². The number of phenols is 1. The number of para-hydroxylation sites is 2. The molecule has 0 heterocycles. The fourth-order valence-corrected chi connectivity index (χ4v) is 2.06. The summed E-state index contributed by atoms with van der Waals surface area (Å²) in [6, 6.07) is 15.1. The zero-order chi connectivity index (χ0) is 12.1. The first-order valence-electron chi connectivity index (χ1n) is 5.26. The molecule has 0 fully saturated rings. The Morgan fingerprint density at radius 2 is 1.76 bits per heavy atom. The smallest absolute Gasteiger partial charge is 0.141 e. The second-order valence-electron chi connectivity index (χ2n) is 3.49. The number of hydrogen-bond donors (Lipinski definition) is 1. The largest absolute Gasteiger partial charge is 0.506 e. The Labute approximate surface area is 105 Å². The molecule has 3 heteroatoms. The maximum atomic E-state index is 9.60. The number of aromatic hydroxyl groups is 1. The molecule has 0 saturated heterocycles. The van der Waals surface area contributed by atoms with Gasteiger partial charge in [-0.3, -0.25) is 4.99 Å². The molecule has 2 aromatic rings. The summed E-state index contributed by atoms with van der Waals surface area (Å²) >= 11 is 1.68. The van der Waals surface area contributed by atoms with E-state index in [0.29, 0.717) is 5.69 Å². The summed E-state index contributed by atoms with van der Waals surface area (Å²) in [4.78, 5) is 5.47. The van der Waals surface area contributed by atoms with Crippen LogP contribution in [0, 0.1) is 0 Å². The summed E-state index contributed by atoms with van der Waals surface area (Å²) in [5, 5.41) is 9.60. The SMILES string of the molecule is CSc1ccccc1C=Nc1ccccc1O. The molecule has 17 heavy (non-hydrogen) atoms. The fourth-order valence-electron chi connectivity index (χ4n) is 1.49. The highest BCUT2D eigenvalue weighted by Gasteiger charge is 1.98. The molecule has 0 aliphatic rings. The van der Waals surface area contributed by atoms with Crippen molar-refractivity contribution < 1.29 is 5.11 Å². The van der Waals surface area contributed by atoms with E-state index in [1.165, 1.54) is 4.90 Å². The van der Waals surface area contributed by atoms with Crippen molar-refractivity contribution in [1.82, 2.24) is 0 Å². The lowest BCUT2D eigenvalue weighted by atomic mass is 10.2. The van der Waals surface area contributed by atoms with Gasteiger partial charge in [-0.2, -0.15) is 0 Å². The summed E-state index contributed by atoms with van der Waals surface area (Å²) in [7, 11) is 0. The maximum absolute atomic E-state index is 9.60. The minimum Gasteiger partial charge on any atom is -0.506 e. The van der Waals surface area contributed by atoms with Crippen LogP contribution < -0.4 is 0 Å². The topological polar surface area (TPSA) is 32.6 Å². The summed E-state index contributed by atoms with van der Waals surface area (Å²) in [5.41, 5.74) is 1.65. The lowest BCUT2D eigenvalue weighted by molar-refractivity contribution is 0.477. The van der Waals surface area contributed by atoms with E-state index in [1.54, 1.807) is 36.2 Å². The average Bonchev–Trinajstić information content (AvgIpc) is 2.38. The second-order valence-corrected chi connectivity index (χ2v) is 4.34. The van der Waals surface area contributed by atoms with E-state index in [4.69, 9.17) is 0 Å². The van der Waals surface area contributed by atoms with Crippen molar-refractivity contribution in [2.24, 2.45) is 4.99 Å². The molecular formula is C14H13NOS. The van der Waals surface area contributed by atoms with Crippen LogP contribution in [0.3, 0.4) is 0 Å². The molecular weight excluding hydrogens is 230 g/mol. The Kier molecular flexibility index (Phi) is 3.83. The van der Waals surface area contributed by atoms with E-state index in [-0.39, 0.29) is 5.75 Å². The van der Waals surface area contributed by atoms with Crippen molar-refractivity contribution in [2.75, 3.05) is 6.26 Å². The standard InChI is InChI=1S/C14H13NOS/c1-17-14-9-5-2-6-11(14)10-15-12-7-3-4-8-13(12)16/h2-10,16H,1H3. The molecule has 0 spiro atoms. The minimum atomic E-state index is 0.199. The van der Waals surface area contributed by atoms with Crippen LogP contribution in [-0.4, -0.2) is 17.6 Å². The Morgan fingerprint density at radius 3 is 2.53 bits per heavy atom. The Hall–Kier alpha value is -1.74. The van der Waals surface area contributed by atoms with Crippen LogP contribution >= 0.6 is 11.8 Å². The highest BCUT2D eigenvalue weighted by molar-refractivity contribution is 7.98. The van der Waals surface area contributed by atoms with Gasteiger partial charge in [-0.25, -0.2) is 0 Å². The second kappa shape index (κ2) is 5.55. The third-order valence-corrected chi connectivity index (χ3v) is 3.17. The van der Waals surface area contributed by atoms with E-state index in [9.17, 15) is 5.11 Å². The molecule has 0 aromatic heterocycles. The molecule has 2 nitrogen and oxygen atoms in total. The van der Waals surface area contributed by atoms with Gasteiger partial charge in [0.15, 0.2) is 0 Å². The molecule has 0 radical (unpaired) electrons. The summed E-state index contributed by atoms with van der Waals surface area (Å²) in [6.07, 6.45) is 3.81. The van der Waals surface area contributed by atoms with Crippen LogP contribution in [0.5, 0.6) is 5.75 Å². The Bertz CT molecular complexity index is 537.